The van der Waals surface area contributed by atoms with Gasteiger partial charge >= 0.3 is 33.6 Å². The molecule has 0 fully saturated rings. The molecule has 0 aliphatic carbocycles. The number of carbonyl (C=O) groups excluding carboxylic acids is 3. The van der Waals surface area contributed by atoms with Crippen molar-refractivity contribution < 1.29 is 75.8 Å². The molecule has 0 radical (unpaired) electrons. The molecule has 0 rings (SSSR count). The standard InChI is InChI=1S/C79H136O16P2/c1-4-7-10-13-16-19-22-24-26-28-29-30-31-32-33-34-35-36-37-38-39-40-41-42-43-45-47-48-51-53-56-59-62-65-77(82)89-68-74(80)69-91-96(85,86)92-70-75(81)71-93-97(87,88)94-73-76(95-79(84)67-64-61-58-55-50-21-18-15-12-9-6-3)72-90-78(83)66-63-60-57-54-52-49-46-44-27-25-23-20-17-14-11-8-5-2/h7-8,10-11,15-20,24-27,29-30,32-33,35-36,74-76,80-81H,4-6,9,12-14,21-23,28,31,34,37-73H2,1-3H3,(H,85,86)(H,87,88)/b10-7-,11-8-,18-15-,19-16-,20-17-,26-24-,27-25-,30-29-,33-32-,36-35-. The van der Waals surface area contributed by atoms with Crippen molar-refractivity contribution in [3.63, 3.8) is 0 Å². The van der Waals surface area contributed by atoms with Crippen LogP contribution in [0.4, 0.5) is 0 Å². The highest BCUT2D eigenvalue weighted by atomic mass is 31.2. The number of phosphoric ester groups is 2. The van der Waals surface area contributed by atoms with E-state index in [-0.39, 0.29) is 19.3 Å². The lowest BCUT2D eigenvalue weighted by atomic mass is 10.0. The molecule has 0 aromatic rings. The highest BCUT2D eigenvalue weighted by Crippen LogP contribution is 2.45. The number of allylic oxidation sites excluding steroid dienone is 20. The lowest BCUT2D eigenvalue weighted by Gasteiger charge is -2.21. The Morgan fingerprint density at radius 3 is 0.876 bits per heavy atom. The van der Waals surface area contributed by atoms with E-state index in [0.29, 0.717) is 19.3 Å². The molecule has 0 aliphatic heterocycles. The summed E-state index contributed by atoms with van der Waals surface area (Å²) in [5, 5.41) is 20.6. The van der Waals surface area contributed by atoms with Gasteiger partial charge in [0.25, 0.3) is 0 Å². The zero-order valence-electron chi connectivity index (χ0n) is 60.7. The number of aliphatic hydroxyl groups is 2. The number of aliphatic hydroxyl groups excluding tert-OH is 2. The van der Waals surface area contributed by atoms with Gasteiger partial charge in [-0.1, -0.05) is 284 Å². The maximum atomic E-state index is 12.9. The van der Waals surface area contributed by atoms with E-state index in [4.69, 9.17) is 32.3 Å². The van der Waals surface area contributed by atoms with Gasteiger partial charge in [-0.15, -0.1) is 0 Å². The molecule has 16 nitrogen and oxygen atoms in total. The molecule has 0 heterocycles. The van der Waals surface area contributed by atoms with Crippen LogP contribution in [-0.4, -0.2) is 95.9 Å². The van der Waals surface area contributed by atoms with Crippen molar-refractivity contribution in [1.29, 1.82) is 0 Å². The minimum absolute atomic E-state index is 0.0912. The van der Waals surface area contributed by atoms with Crippen molar-refractivity contribution >= 4 is 33.6 Å². The van der Waals surface area contributed by atoms with Crippen molar-refractivity contribution in [1.82, 2.24) is 0 Å². The summed E-state index contributed by atoms with van der Waals surface area (Å²) in [6.45, 7) is 2.39. The lowest BCUT2D eigenvalue weighted by Crippen LogP contribution is -2.30. The van der Waals surface area contributed by atoms with Crippen molar-refractivity contribution in [2.24, 2.45) is 0 Å². The quantitative estimate of drug-likeness (QED) is 0.0146. The summed E-state index contributed by atoms with van der Waals surface area (Å²) in [5.74, 6) is -1.59. The maximum Gasteiger partial charge on any atom is 0.472 e. The molecule has 558 valence electrons. The molecule has 0 amide bonds. The summed E-state index contributed by atoms with van der Waals surface area (Å²) in [6.07, 6.45) is 84.2. The largest absolute Gasteiger partial charge is 0.472 e. The monoisotopic (exact) mass is 1400 g/mol. The maximum absolute atomic E-state index is 12.9. The molecule has 0 saturated carbocycles. The van der Waals surface area contributed by atoms with Gasteiger partial charge in [0.2, 0.25) is 0 Å². The fourth-order valence-electron chi connectivity index (χ4n) is 9.92. The number of ether oxygens (including phenoxy) is 3. The summed E-state index contributed by atoms with van der Waals surface area (Å²) in [7, 11) is -9.78. The van der Waals surface area contributed by atoms with E-state index in [0.717, 1.165) is 167 Å². The molecule has 5 atom stereocenters. The Balaban J connectivity index is 4.36. The van der Waals surface area contributed by atoms with Crippen LogP contribution in [0.5, 0.6) is 0 Å². The van der Waals surface area contributed by atoms with Gasteiger partial charge < -0.3 is 34.2 Å². The predicted molar refractivity (Wildman–Crippen MR) is 399 cm³/mol. The van der Waals surface area contributed by atoms with E-state index in [2.05, 4.69) is 142 Å². The van der Waals surface area contributed by atoms with E-state index in [9.17, 15) is 43.5 Å². The zero-order valence-corrected chi connectivity index (χ0v) is 62.5. The summed E-state index contributed by atoms with van der Waals surface area (Å²) in [6, 6.07) is 0. The molecule has 0 aliphatic rings. The highest BCUT2D eigenvalue weighted by Gasteiger charge is 2.29. The molecular formula is C79H136O16P2. The van der Waals surface area contributed by atoms with Crippen molar-refractivity contribution in [3.05, 3.63) is 122 Å². The Hall–Kier alpha value is -4.05. The molecule has 0 bridgehead atoms. The number of rotatable bonds is 71. The lowest BCUT2D eigenvalue weighted by molar-refractivity contribution is -0.161. The zero-order chi connectivity index (χ0) is 70.9. The van der Waals surface area contributed by atoms with Crippen LogP contribution in [0.25, 0.3) is 0 Å². The number of hydrogen-bond acceptors (Lipinski definition) is 14. The van der Waals surface area contributed by atoms with E-state index in [1.165, 1.54) is 77.0 Å². The molecular weight excluding hydrogens is 1270 g/mol. The smallest absolute Gasteiger partial charge is 0.463 e. The molecule has 5 unspecified atom stereocenters. The van der Waals surface area contributed by atoms with Gasteiger partial charge in [0.05, 0.1) is 26.4 Å². The van der Waals surface area contributed by atoms with Crippen molar-refractivity contribution in [2.75, 3.05) is 39.6 Å². The third-order valence-corrected chi connectivity index (χ3v) is 17.6. The topological polar surface area (TPSA) is 231 Å². The summed E-state index contributed by atoms with van der Waals surface area (Å²) >= 11 is 0. The van der Waals surface area contributed by atoms with Crippen LogP contribution in [0, 0.1) is 0 Å². The van der Waals surface area contributed by atoms with Crippen LogP contribution >= 0.6 is 15.6 Å². The molecule has 0 aromatic heterocycles. The highest BCUT2D eigenvalue weighted by molar-refractivity contribution is 7.47. The SMILES string of the molecule is CC/C=C\C/C=C\C/C=C\C/C=C\C/C=C\C/C=C\CCCCCCCCCCCCCCCCC(=O)OCC(O)COP(=O)(O)OCC(O)COP(=O)(O)OCC(COC(=O)CCCCCCCCC/C=C\C/C=C\C/C=C\CC)OC(=O)CCCCCCC/C=C\CCCC. The second-order valence-electron chi connectivity index (χ2n) is 25.0. The fraction of sp³-hybridized carbons (Fsp3) is 0.709. The van der Waals surface area contributed by atoms with E-state index < -0.39 is 91.5 Å². The van der Waals surface area contributed by atoms with Crippen LogP contribution in [0.2, 0.25) is 0 Å². The van der Waals surface area contributed by atoms with Gasteiger partial charge in [-0.3, -0.25) is 32.5 Å². The Bertz CT molecular complexity index is 2250. The molecule has 0 saturated heterocycles. The van der Waals surface area contributed by atoms with E-state index in [1.54, 1.807) is 0 Å². The first kappa shape index (κ1) is 93.0. The first-order valence-corrected chi connectivity index (χ1v) is 40.8. The van der Waals surface area contributed by atoms with Crippen LogP contribution in [-0.2, 0) is 55.8 Å². The molecule has 97 heavy (non-hydrogen) atoms. The number of hydrogen-bond donors (Lipinski definition) is 4. The Kier molecular flexibility index (Phi) is 68.8. The average molecular weight is 1400 g/mol. The molecule has 0 aromatic carbocycles. The number of carbonyl (C=O) groups is 3. The van der Waals surface area contributed by atoms with Gasteiger partial charge in [-0.25, -0.2) is 9.13 Å². The fourth-order valence-corrected chi connectivity index (χ4v) is 11.5. The second-order valence-corrected chi connectivity index (χ2v) is 27.9. The summed E-state index contributed by atoms with van der Waals surface area (Å²) < 4.78 is 60.9. The van der Waals surface area contributed by atoms with Crippen molar-refractivity contribution in [2.45, 2.75) is 322 Å². The minimum Gasteiger partial charge on any atom is -0.463 e. The Morgan fingerprint density at radius 1 is 0.299 bits per heavy atom. The first-order valence-electron chi connectivity index (χ1n) is 37.8. The third-order valence-electron chi connectivity index (χ3n) is 15.7. The van der Waals surface area contributed by atoms with Gasteiger partial charge in [-0.05, 0) is 122 Å². The van der Waals surface area contributed by atoms with Crippen LogP contribution in [0.3, 0.4) is 0 Å². The van der Waals surface area contributed by atoms with Crippen LogP contribution in [0.1, 0.15) is 303 Å². The van der Waals surface area contributed by atoms with Crippen LogP contribution in [0.15, 0.2) is 122 Å². The van der Waals surface area contributed by atoms with Gasteiger partial charge in [-0.2, -0.15) is 0 Å². The van der Waals surface area contributed by atoms with Gasteiger partial charge in [0.1, 0.15) is 25.4 Å². The van der Waals surface area contributed by atoms with Gasteiger partial charge in [0, 0.05) is 19.3 Å². The molecule has 0 spiro atoms. The minimum atomic E-state index is -4.93. The average Bonchev–Trinajstić information content (AvgIpc) is 1.59. The number of phosphoric acid groups is 2. The van der Waals surface area contributed by atoms with E-state index in [1.807, 2.05) is 0 Å². The molecule has 4 N–H and O–H groups in total. The number of esters is 3. The predicted octanol–water partition coefficient (Wildman–Crippen LogP) is 21.8. The van der Waals surface area contributed by atoms with E-state index >= 15 is 0 Å². The molecule has 18 heteroatoms. The third kappa shape index (κ3) is 73.0. The Morgan fingerprint density at radius 2 is 0.546 bits per heavy atom. The normalized spacial score (nSPS) is 14.8. The number of unbranched alkanes of at least 4 members (excludes halogenated alkanes) is 28. The second kappa shape index (κ2) is 71.8. The summed E-state index contributed by atoms with van der Waals surface area (Å²) in [4.78, 5) is 58.4. The van der Waals surface area contributed by atoms with Crippen molar-refractivity contribution in [3.8, 4) is 0 Å². The summed E-state index contributed by atoms with van der Waals surface area (Å²) in [5.41, 5.74) is 0. The van der Waals surface area contributed by atoms with Crippen LogP contribution < -0.4 is 0 Å². The first-order chi connectivity index (χ1) is 47.2. The van der Waals surface area contributed by atoms with Gasteiger partial charge in [0.15, 0.2) is 6.10 Å². The Labute approximate surface area is 589 Å².